The van der Waals surface area contributed by atoms with Crippen molar-refractivity contribution in [2.24, 2.45) is 5.73 Å². The van der Waals surface area contributed by atoms with Crippen LogP contribution in [0.25, 0.3) is 0 Å². The minimum Gasteiger partial charge on any atom is -0.371 e. The van der Waals surface area contributed by atoms with E-state index < -0.39 is 0 Å². The van der Waals surface area contributed by atoms with Crippen molar-refractivity contribution >= 4 is 11.6 Å². The third-order valence-electron chi connectivity index (χ3n) is 3.42. The molecule has 0 aliphatic carbocycles. The second kappa shape index (κ2) is 8.13. The molecule has 2 N–H and O–H groups in total. The standard InChI is InChI=1S/C17H21ClN2O/c1-2-16(19)17(13-6-5-7-14(18)12-13)21-11-9-15-8-3-4-10-20-15/h3-8,10,12,16-17H,2,9,11,19H2,1H3. The molecule has 0 aliphatic rings. The van der Waals surface area contributed by atoms with Crippen molar-refractivity contribution in [1.82, 2.24) is 4.98 Å². The number of pyridine rings is 1. The van der Waals surface area contributed by atoms with Gasteiger partial charge in [0.1, 0.15) is 0 Å². The van der Waals surface area contributed by atoms with Gasteiger partial charge in [-0.1, -0.05) is 36.7 Å². The molecule has 0 spiro atoms. The molecule has 0 amide bonds. The van der Waals surface area contributed by atoms with Gasteiger partial charge < -0.3 is 10.5 Å². The van der Waals surface area contributed by atoms with Gasteiger partial charge in [-0.05, 0) is 36.2 Å². The summed E-state index contributed by atoms with van der Waals surface area (Å²) < 4.78 is 6.02. The Morgan fingerprint density at radius 2 is 2.10 bits per heavy atom. The molecule has 112 valence electrons. The summed E-state index contributed by atoms with van der Waals surface area (Å²) in [6.07, 6.45) is 3.27. The lowest BCUT2D eigenvalue weighted by Crippen LogP contribution is -2.30. The Balaban J connectivity index is 2.00. The third-order valence-corrected chi connectivity index (χ3v) is 3.65. The first kappa shape index (κ1) is 16.0. The Hall–Kier alpha value is -1.42. The van der Waals surface area contributed by atoms with Gasteiger partial charge >= 0.3 is 0 Å². The zero-order valence-corrected chi connectivity index (χ0v) is 13.0. The predicted octanol–water partition coefficient (Wildman–Crippen LogP) is 3.77. The summed E-state index contributed by atoms with van der Waals surface area (Å²) in [7, 11) is 0. The van der Waals surface area contributed by atoms with E-state index in [4.69, 9.17) is 22.1 Å². The number of ether oxygens (including phenoxy) is 1. The molecule has 4 heteroatoms. The van der Waals surface area contributed by atoms with Crippen LogP contribution in [0, 0.1) is 0 Å². The molecule has 0 saturated carbocycles. The van der Waals surface area contributed by atoms with Crippen LogP contribution in [0.5, 0.6) is 0 Å². The Labute approximate surface area is 131 Å². The Morgan fingerprint density at radius 3 is 2.76 bits per heavy atom. The van der Waals surface area contributed by atoms with Crippen molar-refractivity contribution < 1.29 is 4.74 Å². The van der Waals surface area contributed by atoms with E-state index in [0.29, 0.717) is 11.6 Å². The molecule has 0 radical (unpaired) electrons. The van der Waals surface area contributed by atoms with Crippen LogP contribution in [-0.2, 0) is 11.2 Å². The van der Waals surface area contributed by atoms with Crippen molar-refractivity contribution in [2.45, 2.75) is 31.9 Å². The lowest BCUT2D eigenvalue weighted by Gasteiger charge is -2.24. The van der Waals surface area contributed by atoms with Gasteiger partial charge in [0.2, 0.25) is 0 Å². The molecular formula is C17H21ClN2O. The van der Waals surface area contributed by atoms with E-state index in [1.54, 1.807) is 6.20 Å². The van der Waals surface area contributed by atoms with Gasteiger partial charge in [0, 0.05) is 29.4 Å². The van der Waals surface area contributed by atoms with Crippen LogP contribution in [0.15, 0.2) is 48.7 Å². The van der Waals surface area contributed by atoms with Gasteiger partial charge in [0.25, 0.3) is 0 Å². The first-order chi connectivity index (χ1) is 10.2. The SMILES string of the molecule is CCC(N)C(OCCc1ccccn1)c1cccc(Cl)c1. The molecule has 3 nitrogen and oxygen atoms in total. The number of rotatable bonds is 7. The zero-order valence-electron chi connectivity index (χ0n) is 12.2. The van der Waals surface area contributed by atoms with E-state index in [0.717, 1.165) is 24.1 Å². The fraction of sp³-hybridized carbons (Fsp3) is 0.353. The molecule has 2 unspecified atom stereocenters. The zero-order chi connectivity index (χ0) is 15.1. The number of hydrogen-bond donors (Lipinski definition) is 1. The molecule has 2 atom stereocenters. The molecule has 2 aromatic rings. The average Bonchev–Trinajstić information content (AvgIpc) is 2.52. The van der Waals surface area contributed by atoms with E-state index in [2.05, 4.69) is 11.9 Å². The van der Waals surface area contributed by atoms with Gasteiger partial charge in [0.05, 0.1) is 12.7 Å². The molecule has 21 heavy (non-hydrogen) atoms. The fourth-order valence-corrected chi connectivity index (χ4v) is 2.40. The quantitative estimate of drug-likeness (QED) is 0.847. The van der Waals surface area contributed by atoms with Crippen molar-refractivity contribution in [3.05, 3.63) is 64.9 Å². The minimum absolute atomic E-state index is 0.0489. The summed E-state index contributed by atoms with van der Waals surface area (Å²) in [6, 6.07) is 13.5. The van der Waals surface area contributed by atoms with E-state index in [1.807, 2.05) is 42.5 Å². The molecule has 1 heterocycles. The molecule has 0 fully saturated rings. The largest absolute Gasteiger partial charge is 0.371 e. The third kappa shape index (κ3) is 4.81. The summed E-state index contributed by atoms with van der Waals surface area (Å²) in [5.74, 6) is 0. The van der Waals surface area contributed by atoms with Crippen LogP contribution < -0.4 is 5.73 Å². The van der Waals surface area contributed by atoms with Gasteiger partial charge in [-0.2, -0.15) is 0 Å². The van der Waals surface area contributed by atoms with Crippen LogP contribution in [-0.4, -0.2) is 17.6 Å². The van der Waals surface area contributed by atoms with Crippen LogP contribution in [0.2, 0.25) is 5.02 Å². The maximum atomic E-state index is 6.20. The van der Waals surface area contributed by atoms with E-state index >= 15 is 0 Å². The van der Waals surface area contributed by atoms with Crippen LogP contribution in [0.1, 0.15) is 30.7 Å². The second-order valence-electron chi connectivity index (χ2n) is 4.99. The number of benzene rings is 1. The lowest BCUT2D eigenvalue weighted by molar-refractivity contribution is 0.0351. The van der Waals surface area contributed by atoms with Crippen LogP contribution in [0.4, 0.5) is 0 Å². The highest BCUT2D eigenvalue weighted by Crippen LogP contribution is 2.24. The summed E-state index contributed by atoms with van der Waals surface area (Å²) >= 11 is 6.06. The maximum absolute atomic E-state index is 6.20. The maximum Gasteiger partial charge on any atom is 0.0976 e. The molecule has 0 aliphatic heterocycles. The number of nitrogens with zero attached hydrogens (tertiary/aromatic N) is 1. The molecule has 1 aromatic heterocycles. The van der Waals surface area contributed by atoms with Gasteiger partial charge in [-0.15, -0.1) is 0 Å². The summed E-state index contributed by atoms with van der Waals surface area (Å²) in [6.45, 7) is 2.65. The monoisotopic (exact) mass is 304 g/mol. The Bertz CT molecular complexity index is 547. The fourth-order valence-electron chi connectivity index (χ4n) is 2.20. The summed E-state index contributed by atoms with van der Waals surface area (Å²) in [5.41, 5.74) is 8.24. The van der Waals surface area contributed by atoms with Crippen molar-refractivity contribution in [3.63, 3.8) is 0 Å². The van der Waals surface area contributed by atoms with Crippen LogP contribution in [0.3, 0.4) is 0 Å². The summed E-state index contributed by atoms with van der Waals surface area (Å²) in [4.78, 5) is 4.30. The number of halogens is 1. The average molecular weight is 305 g/mol. The molecule has 1 aromatic carbocycles. The van der Waals surface area contributed by atoms with E-state index in [9.17, 15) is 0 Å². The first-order valence-electron chi connectivity index (χ1n) is 7.23. The van der Waals surface area contributed by atoms with Gasteiger partial charge in [0.15, 0.2) is 0 Å². The van der Waals surface area contributed by atoms with Crippen molar-refractivity contribution in [1.29, 1.82) is 0 Å². The number of hydrogen-bond acceptors (Lipinski definition) is 3. The second-order valence-corrected chi connectivity index (χ2v) is 5.43. The first-order valence-corrected chi connectivity index (χ1v) is 7.61. The van der Waals surface area contributed by atoms with Crippen molar-refractivity contribution in [3.8, 4) is 0 Å². The minimum atomic E-state index is -0.141. The highest BCUT2D eigenvalue weighted by atomic mass is 35.5. The highest BCUT2D eigenvalue weighted by molar-refractivity contribution is 6.30. The smallest absolute Gasteiger partial charge is 0.0976 e. The molecule has 0 saturated heterocycles. The van der Waals surface area contributed by atoms with Crippen LogP contribution >= 0.6 is 11.6 Å². The van der Waals surface area contributed by atoms with E-state index in [1.165, 1.54) is 0 Å². The predicted molar refractivity (Wildman–Crippen MR) is 86.4 cm³/mol. The topological polar surface area (TPSA) is 48.1 Å². The molecule has 2 rings (SSSR count). The Kier molecular flexibility index (Phi) is 6.18. The normalized spacial score (nSPS) is 13.9. The van der Waals surface area contributed by atoms with Gasteiger partial charge in [-0.3, -0.25) is 4.98 Å². The highest BCUT2D eigenvalue weighted by Gasteiger charge is 2.19. The van der Waals surface area contributed by atoms with Gasteiger partial charge in [-0.25, -0.2) is 0 Å². The van der Waals surface area contributed by atoms with E-state index in [-0.39, 0.29) is 12.1 Å². The Morgan fingerprint density at radius 1 is 1.24 bits per heavy atom. The summed E-state index contributed by atoms with van der Waals surface area (Å²) in [5, 5.41) is 0.703. The molecular weight excluding hydrogens is 284 g/mol. The lowest BCUT2D eigenvalue weighted by atomic mass is 10.0. The number of aromatic nitrogens is 1. The molecule has 0 bridgehead atoms. The number of nitrogens with two attached hydrogens (primary N) is 1. The van der Waals surface area contributed by atoms with Crippen molar-refractivity contribution in [2.75, 3.05) is 6.61 Å².